The molecule has 49 heavy (non-hydrogen) atoms. The lowest BCUT2D eigenvalue weighted by molar-refractivity contribution is 0.215. The molecule has 0 aliphatic carbocycles. The summed E-state index contributed by atoms with van der Waals surface area (Å²) in [6.45, 7) is 1.48. The molecule has 0 fully saturated rings. The van der Waals surface area contributed by atoms with E-state index in [0.717, 1.165) is 46.5 Å². The normalized spacial score (nSPS) is 16.6. The summed E-state index contributed by atoms with van der Waals surface area (Å²) in [6.07, 6.45) is 2.73. The summed E-state index contributed by atoms with van der Waals surface area (Å²) < 4.78 is 49.3. The van der Waals surface area contributed by atoms with Crippen molar-refractivity contribution < 1.29 is 37.9 Å². The van der Waals surface area contributed by atoms with Crippen LogP contribution in [0, 0.1) is 0 Å². The van der Waals surface area contributed by atoms with Crippen LogP contribution in [0.15, 0.2) is 53.5 Å². The minimum Gasteiger partial charge on any atom is -0.496 e. The Morgan fingerprint density at radius 3 is 2.08 bits per heavy atom. The van der Waals surface area contributed by atoms with E-state index >= 15 is 0 Å². The standard InChI is InChI=1S/C39H42N2O8/c1-41-15-13-26-35-29(41)17-24-19-33(32(44-4)21-30(24)42-2)48-25-10-8-22(9-11-25)16-28-27-20-34(31(43-3)18-23(27)12-14-40-28)49-37(35)39(47-7)38(46-6)36(26)45-5/h8-11,18-21,29H,12-17H2,1-7H3/t29-/m0/s1. The highest BCUT2D eigenvalue weighted by Crippen LogP contribution is 2.56. The van der Waals surface area contributed by atoms with Crippen molar-refractivity contribution in [3.63, 3.8) is 0 Å². The molecule has 0 unspecified atom stereocenters. The summed E-state index contributed by atoms with van der Waals surface area (Å²) in [5.74, 6) is 5.82. The van der Waals surface area contributed by atoms with Gasteiger partial charge in [-0.25, -0.2) is 0 Å². The van der Waals surface area contributed by atoms with E-state index in [1.807, 2.05) is 24.3 Å². The lowest BCUT2D eigenvalue weighted by Crippen LogP contribution is -2.34. The van der Waals surface area contributed by atoms with E-state index in [1.165, 1.54) is 5.56 Å². The molecular weight excluding hydrogens is 624 g/mol. The van der Waals surface area contributed by atoms with Crippen LogP contribution in [0.2, 0.25) is 0 Å². The third kappa shape index (κ3) is 5.73. The monoisotopic (exact) mass is 666 g/mol. The van der Waals surface area contributed by atoms with Gasteiger partial charge in [0.15, 0.2) is 34.5 Å². The second-order valence-corrected chi connectivity index (χ2v) is 12.4. The number of benzene rings is 4. The van der Waals surface area contributed by atoms with Crippen LogP contribution in [-0.4, -0.2) is 73.4 Å². The minimum absolute atomic E-state index is 0.179. The number of fused-ring (bicyclic) bond motifs is 2. The van der Waals surface area contributed by atoms with Crippen molar-refractivity contribution in [1.29, 1.82) is 0 Å². The molecule has 0 amide bonds. The van der Waals surface area contributed by atoms with Gasteiger partial charge in [0.1, 0.15) is 11.5 Å². The van der Waals surface area contributed by atoms with Crippen LogP contribution in [0.4, 0.5) is 0 Å². The number of ether oxygens (including phenoxy) is 8. The molecule has 0 radical (unpaired) electrons. The molecule has 0 saturated carbocycles. The van der Waals surface area contributed by atoms with E-state index in [9.17, 15) is 0 Å². The Balaban J connectivity index is 1.52. The summed E-state index contributed by atoms with van der Waals surface area (Å²) in [7, 11) is 12.0. The first-order valence-electron chi connectivity index (χ1n) is 16.4. The van der Waals surface area contributed by atoms with Gasteiger partial charge in [0.25, 0.3) is 0 Å². The molecular formula is C39H42N2O8. The maximum Gasteiger partial charge on any atom is 0.208 e. The van der Waals surface area contributed by atoms with Gasteiger partial charge in [0.05, 0.1) is 42.7 Å². The largest absolute Gasteiger partial charge is 0.496 e. The first-order valence-corrected chi connectivity index (χ1v) is 16.4. The highest BCUT2D eigenvalue weighted by atomic mass is 16.6. The van der Waals surface area contributed by atoms with Crippen LogP contribution in [0.5, 0.6) is 57.5 Å². The van der Waals surface area contributed by atoms with E-state index in [-0.39, 0.29) is 6.04 Å². The Kier molecular flexibility index (Phi) is 8.90. The van der Waals surface area contributed by atoms with Gasteiger partial charge < -0.3 is 37.9 Å². The Labute approximate surface area is 287 Å². The van der Waals surface area contributed by atoms with E-state index in [0.29, 0.717) is 83.3 Å². The summed E-state index contributed by atoms with van der Waals surface area (Å²) in [6, 6.07) is 15.9. The molecule has 1 atom stereocenters. The third-order valence-corrected chi connectivity index (χ3v) is 9.75. The van der Waals surface area contributed by atoms with Crippen molar-refractivity contribution in [3.05, 3.63) is 81.9 Å². The number of hydrogen-bond donors (Lipinski definition) is 0. The maximum absolute atomic E-state index is 7.03. The van der Waals surface area contributed by atoms with Crippen LogP contribution in [0.1, 0.15) is 39.4 Å². The van der Waals surface area contributed by atoms with Gasteiger partial charge >= 0.3 is 0 Å². The number of rotatable bonds is 6. The van der Waals surface area contributed by atoms with E-state index < -0.39 is 0 Å². The molecule has 6 bridgehead atoms. The average molecular weight is 667 g/mol. The first-order chi connectivity index (χ1) is 23.9. The predicted molar refractivity (Wildman–Crippen MR) is 187 cm³/mol. The first kappa shape index (κ1) is 32.5. The number of nitrogens with zero attached hydrogens (tertiary/aromatic N) is 2. The summed E-state index contributed by atoms with van der Waals surface area (Å²) >= 11 is 0. The Hall–Kier alpha value is -5.09. The zero-order valence-corrected chi connectivity index (χ0v) is 29.1. The Bertz CT molecular complexity index is 1920. The van der Waals surface area contributed by atoms with E-state index in [2.05, 4.69) is 36.2 Å². The highest BCUT2D eigenvalue weighted by Gasteiger charge is 2.38. The molecule has 0 saturated heterocycles. The van der Waals surface area contributed by atoms with Crippen molar-refractivity contribution in [2.45, 2.75) is 31.7 Å². The molecule has 4 heterocycles. The lowest BCUT2D eigenvalue weighted by Gasteiger charge is -2.38. The zero-order chi connectivity index (χ0) is 34.2. The van der Waals surface area contributed by atoms with Crippen LogP contribution in [-0.2, 0) is 25.7 Å². The molecule has 10 heteroatoms. The van der Waals surface area contributed by atoms with Crippen LogP contribution in [0.25, 0.3) is 0 Å². The Morgan fingerprint density at radius 2 is 1.39 bits per heavy atom. The zero-order valence-electron chi connectivity index (χ0n) is 29.1. The van der Waals surface area contributed by atoms with Gasteiger partial charge in [0.2, 0.25) is 11.5 Å². The van der Waals surface area contributed by atoms with Crippen LogP contribution >= 0.6 is 0 Å². The molecule has 8 rings (SSSR count). The molecule has 256 valence electrons. The van der Waals surface area contributed by atoms with E-state index in [1.54, 1.807) is 42.7 Å². The Morgan fingerprint density at radius 1 is 0.694 bits per heavy atom. The topological polar surface area (TPSA) is 89.4 Å². The van der Waals surface area contributed by atoms with Gasteiger partial charge in [-0.2, -0.15) is 0 Å². The highest BCUT2D eigenvalue weighted by molar-refractivity contribution is 6.04. The minimum atomic E-state index is -0.179. The lowest BCUT2D eigenvalue weighted by atomic mass is 9.86. The van der Waals surface area contributed by atoms with Crippen molar-refractivity contribution in [2.75, 3.05) is 62.8 Å². The number of hydrogen-bond acceptors (Lipinski definition) is 10. The number of likely N-dealkylation sites (N-methyl/N-ethyl adjacent to an activating group) is 1. The molecule has 4 aromatic carbocycles. The van der Waals surface area contributed by atoms with Gasteiger partial charge in [-0.15, -0.1) is 0 Å². The van der Waals surface area contributed by atoms with Crippen LogP contribution < -0.4 is 37.9 Å². The fourth-order valence-electron chi connectivity index (χ4n) is 7.29. The van der Waals surface area contributed by atoms with Crippen molar-refractivity contribution >= 4 is 5.71 Å². The fourth-order valence-corrected chi connectivity index (χ4v) is 7.29. The molecule has 0 N–H and O–H groups in total. The third-order valence-electron chi connectivity index (χ3n) is 9.75. The van der Waals surface area contributed by atoms with Gasteiger partial charge in [-0.05, 0) is 73.3 Å². The molecule has 0 aromatic heterocycles. The molecule has 4 aliphatic heterocycles. The molecule has 4 aromatic rings. The van der Waals surface area contributed by atoms with Crippen molar-refractivity contribution in [2.24, 2.45) is 4.99 Å². The SMILES string of the molecule is COc1cc(OC)c2cc1C[C@H]1c3c(c(OC)c(OC)c(OC)c3Oc3cc4c(cc3OC)CCN=C4Cc3ccc(cc3)O2)CCN1C. The average Bonchev–Trinajstić information content (AvgIpc) is 3.12. The summed E-state index contributed by atoms with van der Waals surface area (Å²) in [5.41, 5.74) is 7.18. The smallest absolute Gasteiger partial charge is 0.208 e. The van der Waals surface area contributed by atoms with Gasteiger partial charge in [-0.3, -0.25) is 9.89 Å². The quantitative estimate of drug-likeness (QED) is 0.216. The molecule has 4 aliphatic rings. The van der Waals surface area contributed by atoms with Crippen LogP contribution in [0.3, 0.4) is 0 Å². The summed E-state index contributed by atoms with van der Waals surface area (Å²) in [5, 5.41) is 0. The predicted octanol–water partition coefficient (Wildman–Crippen LogP) is 7.00. The molecule has 0 spiro atoms. The number of aliphatic imine (C=N–C) groups is 1. The number of methoxy groups -OCH3 is 6. The second-order valence-electron chi connectivity index (χ2n) is 12.4. The van der Waals surface area contributed by atoms with Gasteiger partial charge in [0, 0.05) is 54.0 Å². The maximum atomic E-state index is 7.03. The van der Waals surface area contributed by atoms with E-state index in [4.69, 9.17) is 42.9 Å². The van der Waals surface area contributed by atoms with Gasteiger partial charge in [-0.1, -0.05) is 12.1 Å². The summed E-state index contributed by atoms with van der Waals surface area (Å²) in [4.78, 5) is 7.29. The van der Waals surface area contributed by atoms with Crippen molar-refractivity contribution in [1.82, 2.24) is 4.90 Å². The fraction of sp³-hybridized carbons (Fsp3) is 0.359. The van der Waals surface area contributed by atoms with Crippen molar-refractivity contribution in [3.8, 4) is 57.5 Å². The molecule has 10 nitrogen and oxygen atoms in total. The second kappa shape index (κ2) is 13.4.